The van der Waals surface area contributed by atoms with Crippen molar-refractivity contribution in [3.05, 3.63) is 33.4 Å². The van der Waals surface area contributed by atoms with Gasteiger partial charge in [-0.05, 0) is 305 Å². The molecular formula is C66H13O5P. The lowest BCUT2D eigenvalue weighted by atomic mass is 9.65. The Bertz CT molecular complexity index is 7400. The minimum atomic E-state index is -4.25. The van der Waals surface area contributed by atoms with Crippen molar-refractivity contribution in [2.45, 2.75) is 31.5 Å². The molecule has 2 atom stereocenters. The molecule has 72 heavy (non-hydrogen) atoms. The molecular weight excluding hydrogens is 904 g/mol. The van der Waals surface area contributed by atoms with E-state index >= 15 is 4.57 Å². The van der Waals surface area contributed by atoms with Gasteiger partial charge in [-0.3, -0.25) is 9.36 Å². The number of carbonyl (C=O) groups excluding carboxylic acids is 1. The fourth-order valence-corrected chi connectivity index (χ4v) is 27.1. The number of benzene rings is 17. The van der Waals surface area contributed by atoms with Crippen molar-refractivity contribution in [1.29, 1.82) is 0 Å². The molecule has 0 N–H and O–H groups in total. The zero-order valence-electron chi connectivity index (χ0n) is 37.4. The van der Waals surface area contributed by atoms with Crippen LogP contribution in [0.25, 0.3) is 280 Å². The highest BCUT2D eigenvalue weighted by Crippen LogP contribution is 2.89. The van der Waals surface area contributed by atoms with Gasteiger partial charge in [0.15, 0.2) is 10.8 Å². The third-order valence-corrected chi connectivity index (χ3v) is 27.1. The summed E-state index contributed by atoms with van der Waals surface area (Å²) in [6, 6.07) is 0. The van der Waals surface area contributed by atoms with Crippen LogP contribution in [0.15, 0.2) is 0 Å². The largest absolute Gasteiger partial charge is 0.444 e. The van der Waals surface area contributed by atoms with Crippen LogP contribution >= 0.6 is 7.60 Å². The van der Waals surface area contributed by atoms with E-state index < -0.39 is 18.4 Å². The molecule has 0 radical (unpaired) electrons. The van der Waals surface area contributed by atoms with E-state index in [9.17, 15) is 4.79 Å². The predicted molar refractivity (Wildman–Crippen MR) is 295 cm³/mol. The van der Waals surface area contributed by atoms with Gasteiger partial charge < -0.3 is 13.8 Å². The van der Waals surface area contributed by atoms with Crippen molar-refractivity contribution in [1.82, 2.24) is 0 Å². The molecule has 2 unspecified atom stereocenters. The first kappa shape index (κ1) is 28.8. The Morgan fingerprint density at radius 1 is 0.292 bits per heavy atom. The van der Waals surface area contributed by atoms with Crippen LogP contribution in [-0.2, 0) is 33.9 Å². The van der Waals surface area contributed by atoms with Crippen molar-refractivity contribution in [2.24, 2.45) is 0 Å². The van der Waals surface area contributed by atoms with Crippen LogP contribution in [0.4, 0.5) is 0 Å². The molecule has 27 aromatic rings. The van der Waals surface area contributed by atoms with Crippen LogP contribution in [0.1, 0.15) is 54.2 Å². The third kappa shape index (κ3) is 1.55. The number of esters is 1. The van der Waals surface area contributed by atoms with Gasteiger partial charge in [0, 0.05) is 29.0 Å². The fraction of sp³-hybridized carbons (Fsp3) is 0.106. The fourth-order valence-electron chi connectivity index (χ4n) is 24.5. The quantitative estimate of drug-likeness (QED) is 0.0945. The van der Waals surface area contributed by atoms with E-state index in [1.165, 1.54) is 270 Å². The van der Waals surface area contributed by atoms with Crippen molar-refractivity contribution >= 4 is 294 Å². The molecule has 5 nitrogen and oxygen atoms in total. The van der Waals surface area contributed by atoms with E-state index in [1.807, 2.05) is 13.8 Å². The number of ether oxygens (including phenoxy) is 1. The summed E-state index contributed by atoms with van der Waals surface area (Å²) in [5.74, 6) is -0.276. The number of carbonyl (C=O) groups is 1. The van der Waals surface area contributed by atoms with Crippen LogP contribution in [0.2, 0.25) is 0 Å². The summed E-state index contributed by atoms with van der Waals surface area (Å²) < 4.78 is 40.0. The van der Waals surface area contributed by atoms with Gasteiger partial charge in [-0.15, -0.1) is 0 Å². The van der Waals surface area contributed by atoms with Gasteiger partial charge in [0.1, 0.15) is 0 Å². The van der Waals surface area contributed by atoms with Crippen LogP contribution < -0.4 is 0 Å². The topological polar surface area (TPSA) is 61.8 Å². The van der Waals surface area contributed by atoms with E-state index in [4.69, 9.17) is 13.8 Å². The Labute approximate surface area is 392 Å². The van der Waals surface area contributed by atoms with Gasteiger partial charge in [-0.25, -0.2) is 0 Å². The molecule has 0 saturated heterocycles. The molecule has 5 aliphatic rings. The Morgan fingerprint density at radius 3 is 0.750 bits per heavy atom. The second kappa shape index (κ2) is 6.59. The van der Waals surface area contributed by atoms with Gasteiger partial charge in [-0.1, -0.05) is 0 Å². The first-order valence-electron chi connectivity index (χ1n) is 26.4. The Balaban J connectivity index is 1.21. The van der Waals surface area contributed by atoms with E-state index in [-0.39, 0.29) is 19.2 Å². The lowest BCUT2D eigenvalue weighted by Crippen LogP contribution is -2.45. The molecule has 0 heterocycles. The van der Waals surface area contributed by atoms with Crippen molar-refractivity contribution in [2.75, 3.05) is 13.2 Å². The van der Waals surface area contributed by atoms with Gasteiger partial charge in [0.05, 0.1) is 13.2 Å². The molecule has 0 amide bonds. The summed E-state index contributed by atoms with van der Waals surface area (Å²) in [4.78, 5) is 14.9. The zero-order valence-corrected chi connectivity index (χ0v) is 38.3. The van der Waals surface area contributed by atoms with Crippen LogP contribution in [-0.4, -0.2) is 19.2 Å². The van der Waals surface area contributed by atoms with Gasteiger partial charge in [0.2, 0.25) is 0 Å². The van der Waals surface area contributed by atoms with Crippen molar-refractivity contribution in [3.63, 3.8) is 0 Å². The highest BCUT2D eigenvalue weighted by Gasteiger charge is 2.73. The van der Waals surface area contributed by atoms with Crippen LogP contribution in [0, 0.1) is 0 Å². The van der Waals surface area contributed by atoms with E-state index in [0.29, 0.717) is 0 Å². The molecule has 32 rings (SSSR count). The summed E-state index contributed by atoms with van der Waals surface area (Å²) in [6.07, 6.45) is 0. The molecule has 0 aliphatic heterocycles. The minimum Gasteiger partial charge on any atom is -0.444 e. The average molecular weight is 917 g/mol. The van der Waals surface area contributed by atoms with E-state index in [0.717, 1.165) is 22.3 Å². The summed E-state index contributed by atoms with van der Waals surface area (Å²) in [7, 11) is -4.25. The summed E-state index contributed by atoms with van der Waals surface area (Å²) in [6.45, 7) is 6.16. The highest BCUT2D eigenvalue weighted by molar-refractivity contribution is 7.56. The Kier molecular flexibility index (Phi) is 2.64. The molecule has 5 aliphatic carbocycles. The minimum absolute atomic E-state index is 0.247. The normalized spacial score (nSPS) is 21.7. The van der Waals surface area contributed by atoms with E-state index in [1.54, 1.807) is 28.5 Å². The molecule has 312 valence electrons. The van der Waals surface area contributed by atoms with Crippen molar-refractivity contribution < 1.29 is 23.1 Å². The molecule has 0 bridgehead atoms. The lowest BCUT2D eigenvalue weighted by Gasteiger charge is -2.49. The number of hydrogen-bond acceptors (Lipinski definition) is 5. The maximum absolute atomic E-state index is 17.9. The molecule has 0 saturated carbocycles. The SMILES string of the molecule is CCOP(=O)(OCC)C12c3c4c5c6c7c8c9c%10c(c1c1c%11c2c2c%12c3c5c3c5c6c6c7c7c9c9c%13c%10c1c1c%10c%11c%11c2c2c%12c3c3c5c5c6c6c7c9c7c(c%131)c1c%10c%11c9c2c3c2c9c1c7c6c52)C48OC(C)=O. The number of rotatable bonds is 6. The first-order valence-corrected chi connectivity index (χ1v) is 27.9. The predicted octanol–water partition coefficient (Wildman–Crippen LogP) is 17.7. The Hall–Kier alpha value is -7.92. The lowest BCUT2D eigenvalue weighted by molar-refractivity contribution is -0.150. The first-order chi connectivity index (χ1) is 35.5. The van der Waals surface area contributed by atoms with E-state index in [2.05, 4.69) is 0 Å². The second-order valence-electron chi connectivity index (χ2n) is 25.1. The van der Waals surface area contributed by atoms with Crippen LogP contribution in [0.5, 0.6) is 0 Å². The molecule has 0 spiro atoms. The molecule has 6 heteroatoms. The zero-order chi connectivity index (χ0) is 44.1. The van der Waals surface area contributed by atoms with Crippen molar-refractivity contribution in [3.8, 4) is 0 Å². The summed E-state index contributed by atoms with van der Waals surface area (Å²) >= 11 is 0. The molecule has 27 aromatic carbocycles. The summed E-state index contributed by atoms with van der Waals surface area (Å²) in [5, 5.41) is 73.2. The molecule has 0 fully saturated rings. The highest BCUT2D eigenvalue weighted by atomic mass is 31.2. The van der Waals surface area contributed by atoms with Gasteiger partial charge >= 0.3 is 13.6 Å². The van der Waals surface area contributed by atoms with Gasteiger partial charge in [0.25, 0.3) is 0 Å². The average Bonchev–Trinajstić information content (AvgIpc) is 4.27. The standard InChI is InChI=1S/C66H13O5P/c1-4-69-72(68,70-5-2)66-60-52-43-36-23-16-10-9-11-7-8-12(10)21(23)27-25-14(8)17-13(7)24-26-20(11)22-15(9)18-19(16)30-37-29(18)38-35(22)42-40(26)44-31(24)33-28(17)34-32(25)45(41(27)43)56(60)58-47(34)46(33)57-55(44)59-51(42)48(38)53-50(37)54(49(52)39(30)36)63(66)61(53)65(59,71-6(3)67)62(57)64(58)66/h4-5H2,1-3H3. The van der Waals surface area contributed by atoms with Crippen LogP contribution in [0.3, 0.4) is 0 Å². The number of hydrogen-bond donors (Lipinski definition) is 0. The van der Waals surface area contributed by atoms with Gasteiger partial charge in [-0.2, -0.15) is 0 Å². The maximum atomic E-state index is 17.9. The smallest absolute Gasteiger partial charge is 0.350 e. The molecule has 0 aromatic heterocycles. The maximum Gasteiger partial charge on any atom is 0.350 e. The third-order valence-electron chi connectivity index (χ3n) is 24.4. The summed E-state index contributed by atoms with van der Waals surface area (Å²) in [5.41, 5.74) is 5.39. The second-order valence-corrected chi connectivity index (χ2v) is 27.3. The monoisotopic (exact) mass is 916 g/mol. The Morgan fingerprint density at radius 2 is 0.472 bits per heavy atom.